The summed E-state index contributed by atoms with van der Waals surface area (Å²) in [5.41, 5.74) is 1.28. The van der Waals surface area contributed by atoms with E-state index in [1.165, 1.54) is 37.7 Å². The van der Waals surface area contributed by atoms with E-state index in [0.717, 1.165) is 5.75 Å². The van der Waals surface area contributed by atoms with E-state index in [0.29, 0.717) is 25.1 Å². The molecule has 1 saturated heterocycles. The van der Waals surface area contributed by atoms with Crippen molar-refractivity contribution in [2.24, 2.45) is 0 Å². The Bertz CT molecular complexity index is 743. The minimum atomic E-state index is -1.27. The summed E-state index contributed by atoms with van der Waals surface area (Å²) >= 11 is 0. The van der Waals surface area contributed by atoms with Gasteiger partial charge in [0, 0.05) is 12.1 Å². The zero-order chi connectivity index (χ0) is 23.1. The molecule has 32 heavy (non-hydrogen) atoms. The molecule has 0 N–H and O–H groups in total. The van der Waals surface area contributed by atoms with E-state index in [1.807, 2.05) is 33.7 Å². The summed E-state index contributed by atoms with van der Waals surface area (Å²) < 4.78 is 21.2. The van der Waals surface area contributed by atoms with E-state index >= 15 is 0 Å². The second kappa shape index (κ2) is 12.3. The second-order valence-corrected chi connectivity index (χ2v) is 13.2. The third-order valence-corrected chi connectivity index (χ3v) is 11.9. The Balaban J connectivity index is 1.92. The molecule has 2 aliphatic rings. The highest BCUT2D eigenvalue weighted by molar-refractivity contribution is 8.77. The Hall–Kier alpha value is -0.480. The van der Waals surface area contributed by atoms with Crippen LogP contribution in [0, 0.1) is 11.3 Å². The highest BCUT2D eigenvalue weighted by atomic mass is 33.1. The predicted molar refractivity (Wildman–Crippen MR) is 137 cm³/mol. The lowest BCUT2D eigenvalue weighted by molar-refractivity contribution is 0.0936. The standard InChI is InChI=1S/C24H37N2O3PS2/c1-18(2)26(19(3)4)30(28-17-9-16-25)29-23-22(20-10-12-21(27-5)13-11-20)31-32-24(23)14-7-6-8-15-24/h10-13,18-19,22-23H,6-9,14-15,17H2,1-5H3. The molecule has 1 aromatic rings. The highest BCUT2D eigenvalue weighted by Gasteiger charge is 2.53. The van der Waals surface area contributed by atoms with Crippen LogP contribution < -0.4 is 4.74 Å². The van der Waals surface area contributed by atoms with Crippen molar-refractivity contribution in [1.82, 2.24) is 4.67 Å². The zero-order valence-corrected chi connectivity index (χ0v) is 22.5. The van der Waals surface area contributed by atoms with Crippen LogP contribution >= 0.6 is 30.1 Å². The Morgan fingerprint density at radius 2 is 1.78 bits per heavy atom. The van der Waals surface area contributed by atoms with Crippen molar-refractivity contribution in [1.29, 1.82) is 5.26 Å². The number of nitriles is 1. The van der Waals surface area contributed by atoms with E-state index in [-0.39, 0.29) is 16.1 Å². The zero-order valence-electron chi connectivity index (χ0n) is 20.0. The van der Waals surface area contributed by atoms with Gasteiger partial charge in [0.15, 0.2) is 0 Å². The summed E-state index contributed by atoms with van der Waals surface area (Å²) in [5.74, 6) is 0.877. The van der Waals surface area contributed by atoms with E-state index in [4.69, 9.17) is 19.0 Å². The first-order valence-electron chi connectivity index (χ1n) is 11.7. The molecule has 1 saturated carbocycles. The van der Waals surface area contributed by atoms with Gasteiger partial charge >= 0.3 is 0 Å². The van der Waals surface area contributed by atoms with Crippen LogP contribution in [0.1, 0.15) is 77.0 Å². The molecule has 0 aromatic heterocycles. The molecular weight excluding hydrogens is 459 g/mol. The van der Waals surface area contributed by atoms with Crippen molar-refractivity contribution in [2.75, 3.05) is 13.7 Å². The normalized spacial score (nSPS) is 23.7. The number of hydrogen-bond acceptors (Lipinski definition) is 7. The minimum Gasteiger partial charge on any atom is -0.497 e. The molecule has 0 amide bonds. The predicted octanol–water partition coefficient (Wildman–Crippen LogP) is 7.50. The monoisotopic (exact) mass is 496 g/mol. The molecule has 3 atom stereocenters. The maximum absolute atomic E-state index is 9.06. The smallest absolute Gasteiger partial charge is 0.259 e. The van der Waals surface area contributed by atoms with Crippen LogP contribution in [0.5, 0.6) is 5.75 Å². The molecule has 1 aliphatic carbocycles. The third-order valence-electron chi connectivity index (χ3n) is 6.12. The van der Waals surface area contributed by atoms with E-state index < -0.39 is 8.53 Å². The summed E-state index contributed by atoms with van der Waals surface area (Å²) in [4.78, 5) is 0. The van der Waals surface area contributed by atoms with E-state index in [1.54, 1.807) is 7.11 Å². The first-order valence-corrected chi connectivity index (χ1v) is 15.0. The molecule has 3 unspecified atom stereocenters. The molecule has 1 spiro atoms. The van der Waals surface area contributed by atoms with Gasteiger partial charge in [0.25, 0.3) is 8.53 Å². The average Bonchev–Trinajstić information content (AvgIpc) is 3.11. The largest absolute Gasteiger partial charge is 0.497 e. The van der Waals surface area contributed by atoms with Gasteiger partial charge in [0.1, 0.15) is 5.75 Å². The minimum absolute atomic E-state index is 0.0689. The summed E-state index contributed by atoms with van der Waals surface area (Å²) in [6.07, 6.45) is 6.65. The highest BCUT2D eigenvalue weighted by Crippen LogP contribution is 2.66. The molecule has 0 radical (unpaired) electrons. The molecule has 1 aromatic carbocycles. The van der Waals surface area contributed by atoms with Gasteiger partial charge in [-0.3, -0.25) is 0 Å². The van der Waals surface area contributed by atoms with Crippen molar-refractivity contribution in [3.8, 4) is 11.8 Å². The van der Waals surface area contributed by atoms with Gasteiger partial charge in [0.2, 0.25) is 0 Å². The molecule has 1 heterocycles. The Kier molecular flexibility index (Phi) is 10.0. The Morgan fingerprint density at radius 1 is 1.12 bits per heavy atom. The molecular formula is C24H37N2O3PS2. The molecule has 3 rings (SSSR count). The van der Waals surface area contributed by atoms with Crippen LogP contribution in [0.2, 0.25) is 0 Å². The first-order chi connectivity index (χ1) is 15.4. The average molecular weight is 497 g/mol. The molecule has 1 aliphatic heterocycles. The number of ether oxygens (including phenoxy) is 1. The van der Waals surface area contributed by atoms with Crippen LogP contribution in [0.25, 0.3) is 0 Å². The van der Waals surface area contributed by atoms with Crippen LogP contribution in [-0.2, 0) is 9.05 Å². The maximum atomic E-state index is 9.06. The molecule has 2 fully saturated rings. The summed E-state index contributed by atoms with van der Waals surface area (Å²) in [6.45, 7) is 9.19. The number of methoxy groups -OCH3 is 1. The van der Waals surface area contributed by atoms with E-state index in [9.17, 15) is 0 Å². The fraction of sp³-hybridized carbons (Fsp3) is 0.708. The summed E-state index contributed by atoms with van der Waals surface area (Å²) in [5, 5.41) is 9.30. The number of hydrogen-bond donors (Lipinski definition) is 0. The van der Waals surface area contributed by atoms with Gasteiger partial charge in [-0.15, -0.1) is 0 Å². The van der Waals surface area contributed by atoms with Crippen LogP contribution in [0.3, 0.4) is 0 Å². The number of nitrogens with zero attached hydrogens (tertiary/aromatic N) is 2. The quantitative estimate of drug-likeness (QED) is 0.189. The van der Waals surface area contributed by atoms with Gasteiger partial charge in [-0.1, -0.05) is 53.0 Å². The fourth-order valence-corrected chi connectivity index (χ4v) is 10.7. The molecule has 8 heteroatoms. The molecule has 0 bridgehead atoms. The van der Waals surface area contributed by atoms with Crippen molar-refractivity contribution in [2.45, 2.75) is 94.4 Å². The Morgan fingerprint density at radius 3 is 2.34 bits per heavy atom. The van der Waals surface area contributed by atoms with Crippen LogP contribution in [0.4, 0.5) is 0 Å². The third kappa shape index (κ3) is 6.14. The van der Waals surface area contributed by atoms with Crippen molar-refractivity contribution in [3.63, 3.8) is 0 Å². The van der Waals surface area contributed by atoms with Crippen LogP contribution in [-0.4, -0.2) is 41.3 Å². The van der Waals surface area contributed by atoms with Gasteiger partial charge in [-0.25, -0.2) is 4.67 Å². The van der Waals surface area contributed by atoms with Gasteiger partial charge in [-0.05, 0) is 58.2 Å². The fourth-order valence-electron chi connectivity index (χ4n) is 4.61. The van der Waals surface area contributed by atoms with Crippen molar-refractivity contribution in [3.05, 3.63) is 29.8 Å². The first kappa shape index (κ1) is 26.1. The molecule has 5 nitrogen and oxygen atoms in total. The SMILES string of the molecule is COc1ccc(C2SSC3(CCCCC3)C2OP(OCCC#N)N(C(C)C)C(C)C)cc1. The second-order valence-electron chi connectivity index (χ2n) is 9.07. The van der Waals surface area contributed by atoms with Gasteiger partial charge in [0.05, 0.1) is 42.3 Å². The summed E-state index contributed by atoms with van der Waals surface area (Å²) in [6, 6.07) is 11.2. The van der Waals surface area contributed by atoms with Gasteiger partial charge in [-0.2, -0.15) is 5.26 Å². The Labute approximate surface area is 203 Å². The van der Waals surface area contributed by atoms with Crippen molar-refractivity contribution >= 4 is 30.1 Å². The maximum Gasteiger partial charge on any atom is 0.259 e. The lowest BCUT2D eigenvalue weighted by atomic mass is 9.82. The molecule has 178 valence electrons. The van der Waals surface area contributed by atoms with Crippen molar-refractivity contribution < 1.29 is 13.8 Å². The topological polar surface area (TPSA) is 54.7 Å². The summed E-state index contributed by atoms with van der Waals surface area (Å²) in [7, 11) is 4.42. The van der Waals surface area contributed by atoms with Gasteiger partial charge < -0.3 is 13.8 Å². The number of rotatable bonds is 10. The number of benzene rings is 1. The lowest BCUT2D eigenvalue weighted by Gasteiger charge is -2.43. The lowest BCUT2D eigenvalue weighted by Crippen LogP contribution is -2.43. The van der Waals surface area contributed by atoms with E-state index in [2.05, 4.69) is 50.6 Å². The van der Waals surface area contributed by atoms with Crippen LogP contribution in [0.15, 0.2) is 24.3 Å².